The summed E-state index contributed by atoms with van der Waals surface area (Å²) in [4.78, 5) is 9.37. The van der Waals surface area contributed by atoms with E-state index in [-0.39, 0.29) is 0 Å². The van der Waals surface area contributed by atoms with Gasteiger partial charge in [-0.2, -0.15) is 10.2 Å². The van der Waals surface area contributed by atoms with Gasteiger partial charge in [0.1, 0.15) is 0 Å². The Morgan fingerprint density at radius 3 is 2.43 bits per heavy atom. The van der Waals surface area contributed by atoms with Crippen molar-refractivity contribution in [1.29, 1.82) is 0 Å². The second kappa shape index (κ2) is 9.89. The Kier molecular flexibility index (Phi) is 7.26. The fourth-order valence-electron chi connectivity index (χ4n) is 3.66. The highest BCUT2D eigenvalue weighted by Gasteiger charge is 2.22. The van der Waals surface area contributed by atoms with Gasteiger partial charge in [-0.3, -0.25) is 9.36 Å². The van der Waals surface area contributed by atoms with Crippen LogP contribution < -0.4 is 0 Å². The Morgan fingerprint density at radius 2 is 1.77 bits per heavy atom. The van der Waals surface area contributed by atoms with Crippen molar-refractivity contribution in [3.8, 4) is 0 Å². The standard InChI is InChI=1S/C23H35N7/c1-7-10-22-23(19-14-25-30(16-19)20(8-2)9-3)26-21(17-28(22)6)18-13-24-29(15-18)12-11-27(4)5/h10,13-17,20H,7-9,11-12H2,1-6H3/b22-10-. The molecular formula is C23H35N7. The van der Waals surface area contributed by atoms with Gasteiger partial charge in [0.2, 0.25) is 0 Å². The number of aromatic nitrogens is 4. The number of rotatable bonds is 9. The highest BCUT2D eigenvalue weighted by Crippen LogP contribution is 2.27. The molecule has 0 bridgehead atoms. The van der Waals surface area contributed by atoms with E-state index in [9.17, 15) is 0 Å². The zero-order chi connectivity index (χ0) is 21.7. The molecular weight excluding hydrogens is 374 g/mol. The van der Waals surface area contributed by atoms with Crippen LogP contribution in [0.1, 0.15) is 57.2 Å². The number of nitrogens with zero attached hydrogens (tertiary/aromatic N) is 7. The van der Waals surface area contributed by atoms with Crippen LogP contribution in [0.3, 0.4) is 0 Å². The fourth-order valence-corrected chi connectivity index (χ4v) is 3.66. The maximum Gasteiger partial charge on any atom is 0.0974 e. The van der Waals surface area contributed by atoms with Crippen LogP contribution in [0.4, 0.5) is 0 Å². The van der Waals surface area contributed by atoms with Crippen LogP contribution in [-0.2, 0) is 6.54 Å². The van der Waals surface area contributed by atoms with Crippen LogP contribution in [0.15, 0.2) is 47.8 Å². The first-order chi connectivity index (χ1) is 14.5. The average molecular weight is 410 g/mol. The van der Waals surface area contributed by atoms with Crippen LogP contribution in [-0.4, -0.2) is 62.8 Å². The molecule has 0 fully saturated rings. The summed E-state index contributed by atoms with van der Waals surface area (Å²) in [5.41, 5.74) is 5.09. The van der Waals surface area contributed by atoms with Crippen LogP contribution >= 0.6 is 0 Å². The minimum absolute atomic E-state index is 0.421. The minimum atomic E-state index is 0.421. The molecule has 0 amide bonds. The van der Waals surface area contributed by atoms with Gasteiger partial charge >= 0.3 is 0 Å². The third-order valence-electron chi connectivity index (χ3n) is 5.47. The molecule has 2 aromatic heterocycles. The van der Waals surface area contributed by atoms with E-state index in [4.69, 9.17) is 4.99 Å². The lowest BCUT2D eigenvalue weighted by molar-refractivity contribution is 0.373. The smallest absolute Gasteiger partial charge is 0.0974 e. The second-order valence-electron chi connectivity index (χ2n) is 8.06. The molecule has 0 spiro atoms. The Morgan fingerprint density at radius 1 is 1.03 bits per heavy atom. The molecule has 0 radical (unpaired) electrons. The van der Waals surface area contributed by atoms with Crippen molar-refractivity contribution in [1.82, 2.24) is 29.4 Å². The summed E-state index contributed by atoms with van der Waals surface area (Å²) in [6, 6.07) is 0.421. The molecule has 3 rings (SSSR count). The first-order valence-corrected chi connectivity index (χ1v) is 10.9. The number of hydrogen-bond acceptors (Lipinski definition) is 5. The minimum Gasteiger partial charge on any atom is -0.347 e. The van der Waals surface area contributed by atoms with Crippen molar-refractivity contribution in [3.63, 3.8) is 0 Å². The van der Waals surface area contributed by atoms with Crippen molar-refractivity contribution in [2.24, 2.45) is 4.99 Å². The quantitative estimate of drug-likeness (QED) is 0.627. The summed E-state index contributed by atoms with van der Waals surface area (Å²) in [5, 5.41) is 9.17. The van der Waals surface area contributed by atoms with Gasteiger partial charge < -0.3 is 9.80 Å². The van der Waals surface area contributed by atoms with Gasteiger partial charge in [-0.05, 0) is 33.4 Å². The highest BCUT2D eigenvalue weighted by atomic mass is 15.3. The van der Waals surface area contributed by atoms with Crippen LogP contribution in [0.5, 0.6) is 0 Å². The molecule has 0 atom stereocenters. The van der Waals surface area contributed by atoms with Crippen LogP contribution in [0, 0.1) is 0 Å². The SMILES string of the molecule is CC/C=C1/C(c2cnn(C(CC)CC)c2)=NC(c2cnn(CCN(C)C)c2)=CN1C. The van der Waals surface area contributed by atoms with Gasteiger partial charge in [-0.25, -0.2) is 4.99 Å². The number of aliphatic imine (C=N–C) groups is 1. The van der Waals surface area contributed by atoms with E-state index in [1.54, 1.807) is 0 Å². The van der Waals surface area contributed by atoms with Crippen LogP contribution in [0.25, 0.3) is 5.70 Å². The Hall–Kier alpha value is -2.67. The molecule has 0 unspecified atom stereocenters. The molecule has 3 heterocycles. The maximum absolute atomic E-state index is 5.06. The van der Waals surface area contributed by atoms with Crippen molar-refractivity contribution < 1.29 is 0 Å². The molecule has 2 aromatic rings. The van der Waals surface area contributed by atoms with Gasteiger partial charge in [0, 0.05) is 43.3 Å². The van der Waals surface area contributed by atoms with Gasteiger partial charge in [0.25, 0.3) is 0 Å². The summed E-state index contributed by atoms with van der Waals surface area (Å²) in [7, 11) is 6.23. The lowest BCUT2D eigenvalue weighted by Gasteiger charge is -2.25. The van der Waals surface area contributed by atoms with E-state index in [2.05, 4.69) is 91.3 Å². The van der Waals surface area contributed by atoms with E-state index in [0.29, 0.717) is 6.04 Å². The first-order valence-electron chi connectivity index (χ1n) is 10.9. The lowest BCUT2D eigenvalue weighted by atomic mass is 10.1. The first kappa shape index (κ1) is 22.0. The molecule has 30 heavy (non-hydrogen) atoms. The third-order valence-corrected chi connectivity index (χ3v) is 5.47. The van der Waals surface area contributed by atoms with Crippen molar-refractivity contribution >= 4 is 11.4 Å². The summed E-state index contributed by atoms with van der Waals surface area (Å²) in [6.07, 6.45) is 15.5. The predicted molar refractivity (Wildman–Crippen MR) is 123 cm³/mol. The molecule has 0 aromatic carbocycles. The van der Waals surface area contributed by atoms with Gasteiger partial charge in [-0.15, -0.1) is 0 Å². The highest BCUT2D eigenvalue weighted by molar-refractivity contribution is 6.15. The van der Waals surface area contributed by atoms with E-state index in [1.165, 1.54) is 0 Å². The van der Waals surface area contributed by atoms with Crippen molar-refractivity contribution in [2.75, 3.05) is 27.7 Å². The normalized spacial score (nSPS) is 16.0. The van der Waals surface area contributed by atoms with Crippen LogP contribution in [0.2, 0.25) is 0 Å². The van der Waals surface area contributed by atoms with Gasteiger partial charge in [0.05, 0.1) is 42.1 Å². The fraction of sp³-hybridized carbons (Fsp3) is 0.522. The topological polar surface area (TPSA) is 54.5 Å². The predicted octanol–water partition coefficient (Wildman–Crippen LogP) is 4.03. The van der Waals surface area contributed by atoms with E-state index >= 15 is 0 Å². The Bertz CT molecular complexity index is 925. The molecule has 7 heteroatoms. The molecule has 0 saturated carbocycles. The van der Waals surface area contributed by atoms with E-state index in [1.807, 2.05) is 17.1 Å². The van der Waals surface area contributed by atoms with Gasteiger partial charge in [-0.1, -0.05) is 26.8 Å². The summed E-state index contributed by atoms with van der Waals surface area (Å²) >= 11 is 0. The molecule has 0 saturated heterocycles. The molecule has 0 N–H and O–H groups in total. The summed E-state index contributed by atoms with van der Waals surface area (Å²) in [6.45, 7) is 8.38. The zero-order valence-electron chi connectivity index (χ0n) is 19.2. The molecule has 0 aliphatic carbocycles. The summed E-state index contributed by atoms with van der Waals surface area (Å²) in [5.74, 6) is 0. The molecule has 162 valence electrons. The number of likely N-dealkylation sites (N-methyl/N-ethyl adjacent to an activating group) is 2. The average Bonchev–Trinajstić information content (AvgIpc) is 3.39. The maximum atomic E-state index is 5.06. The van der Waals surface area contributed by atoms with Crippen molar-refractivity contribution in [2.45, 2.75) is 52.6 Å². The lowest BCUT2D eigenvalue weighted by Crippen LogP contribution is -2.23. The van der Waals surface area contributed by atoms with E-state index in [0.717, 1.165) is 60.6 Å². The Balaban J connectivity index is 1.94. The molecule has 1 aliphatic heterocycles. The third kappa shape index (κ3) is 4.90. The summed E-state index contributed by atoms with van der Waals surface area (Å²) < 4.78 is 4.06. The Labute approximate surface area is 180 Å². The zero-order valence-corrected chi connectivity index (χ0v) is 19.2. The monoisotopic (exact) mass is 409 g/mol. The number of allylic oxidation sites excluding steroid dienone is 2. The second-order valence-corrected chi connectivity index (χ2v) is 8.06. The van der Waals surface area contributed by atoms with E-state index < -0.39 is 0 Å². The molecule has 7 nitrogen and oxygen atoms in total. The molecule has 1 aliphatic rings. The largest absolute Gasteiger partial charge is 0.347 e. The van der Waals surface area contributed by atoms with Gasteiger partial charge in [0.15, 0.2) is 0 Å². The number of hydrogen-bond donors (Lipinski definition) is 0. The van der Waals surface area contributed by atoms with Crippen molar-refractivity contribution in [3.05, 3.63) is 53.9 Å².